The van der Waals surface area contributed by atoms with E-state index in [0.29, 0.717) is 6.04 Å². The van der Waals surface area contributed by atoms with Gasteiger partial charge in [0, 0.05) is 12.1 Å². The average molecular weight is 321 g/mol. The van der Waals surface area contributed by atoms with Crippen LogP contribution in [0.25, 0.3) is 0 Å². The number of hydrogen-bond donors (Lipinski definition) is 1. The second-order valence-corrected chi connectivity index (χ2v) is 6.92. The van der Waals surface area contributed by atoms with Crippen LogP contribution in [0.2, 0.25) is 0 Å². The topological polar surface area (TPSA) is 32.3 Å². The molecule has 1 aromatic carbocycles. The molecule has 1 aliphatic carbocycles. The van der Waals surface area contributed by atoms with E-state index in [2.05, 4.69) is 10.2 Å². The lowest BCUT2D eigenvalue weighted by Crippen LogP contribution is -2.53. The number of rotatable bonds is 4. The Morgan fingerprint density at radius 2 is 1.77 bits per heavy atom. The minimum Gasteiger partial charge on any atom is -0.350 e. The molecule has 1 heterocycles. The van der Waals surface area contributed by atoms with Crippen molar-refractivity contribution < 1.29 is 4.79 Å². The van der Waals surface area contributed by atoms with Crippen molar-refractivity contribution in [3.05, 3.63) is 35.9 Å². The van der Waals surface area contributed by atoms with E-state index in [1.165, 1.54) is 45.2 Å². The Labute approximate surface area is 138 Å². The first-order chi connectivity index (χ1) is 10.8. The predicted octanol–water partition coefficient (Wildman–Crippen LogP) is 3.49. The molecule has 1 aliphatic heterocycles. The maximum atomic E-state index is 12.5. The van der Waals surface area contributed by atoms with Gasteiger partial charge in [0.1, 0.15) is 5.38 Å². The molecule has 22 heavy (non-hydrogen) atoms. The summed E-state index contributed by atoms with van der Waals surface area (Å²) >= 11 is 6.36. The van der Waals surface area contributed by atoms with Crippen LogP contribution in [-0.4, -0.2) is 36.0 Å². The summed E-state index contributed by atoms with van der Waals surface area (Å²) in [5, 5.41) is 2.64. The number of carbonyl (C=O) groups excluding carboxylic acids is 1. The molecule has 0 aromatic heterocycles. The Hall–Kier alpha value is -1.06. The van der Waals surface area contributed by atoms with E-state index in [0.717, 1.165) is 12.0 Å². The van der Waals surface area contributed by atoms with Gasteiger partial charge in [-0.05, 0) is 44.3 Å². The Balaban J connectivity index is 1.63. The van der Waals surface area contributed by atoms with Crippen molar-refractivity contribution in [2.75, 3.05) is 13.1 Å². The molecular formula is C18H25ClN2O. The van der Waals surface area contributed by atoms with E-state index < -0.39 is 5.38 Å². The van der Waals surface area contributed by atoms with Gasteiger partial charge < -0.3 is 5.32 Å². The number of carbonyl (C=O) groups is 1. The third kappa shape index (κ3) is 3.64. The summed E-state index contributed by atoms with van der Waals surface area (Å²) in [5.41, 5.74) is 0.871. The maximum Gasteiger partial charge on any atom is 0.242 e. The van der Waals surface area contributed by atoms with Crippen molar-refractivity contribution in [2.45, 2.75) is 56.0 Å². The van der Waals surface area contributed by atoms with Gasteiger partial charge in [-0.15, -0.1) is 11.6 Å². The molecule has 3 rings (SSSR count). The van der Waals surface area contributed by atoms with E-state index in [-0.39, 0.29) is 11.9 Å². The molecule has 1 saturated carbocycles. The summed E-state index contributed by atoms with van der Waals surface area (Å²) in [6.07, 6.45) is 7.33. The van der Waals surface area contributed by atoms with Gasteiger partial charge in [-0.3, -0.25) is 9.69 Å². The van der Waals surface area contributed by atoms with Gasteiger partial charge in [0.25, 0.3) is 0 Å². The largest absolute Gasteiger partial charge is 0.350 e. The quantitative estimate of drug-likeness (QED) is 0.861. The van der Waals surface area contributed by atoms with Gasteiger partial charge in [0.2, 0.25) is 5.91 Å². The van der Waals surface area contributed by atoms with E-state index in [1.54, 1.807) is 0 Å². The summed E-state index contributed by atoms with van der Waals surface area (Å²) in [6, 6.07) is 10.4. The molecule has 0 radical (unpaired) electrons. The van der Waals surface area contributed by atoms with Gasteiger partial charge in [-0.25, -0.2) is 0 Å². The molecule has 4 heteroatoms. The normalized spacial score (nSPS) is 27.5. The Kier molecular flexibility index (Phi) is 5.37. The summed E-state index contributed by atoms with van der Waals surface area (Å²) in [7, 11) is 0. The van der Waals surface area contributed by atoms with Crippen LogP contribution < -0.4 is 5.32 Å². The lowest BCUT2D eigenvalue weighted by atomic mass is 9.89. The first-order valence-electron chi connectivity index (χ1n) is 8.49. The Bertz CT molecular complexity index is 487. The SMILES string of the molecule is O=C(NC1CCCCC1N1CCCC1)C(Cl)c1ccccc1. The minimum absolute atomic E-state index is 0.0519. The molecule has 3 nitrogen and oxygen atoms in total. The summed E-state index contributed by atoms with van der Waals surface area (Å²) in [6.45, 7) is 2.36. The number of nitrogens with one attached hydrogen (secondary N) is 1. The van der Waals surface area contributed by atoms with Gasteiger partial charge in [0.05, 0.1) is 0 Å². The molecule has 2 aliphatic rings. The third-order valence-corrected chi connectivity index (χ3v) is 5.44. The van der Waals surface area contributed by atoms with Crippen LogP contribution in [0.5, 0.6) is 0 Å². The third-order valence-electron chi connectivity index (χ3n) is 4.99. The fourth-order valence-electron chi connectivity index (χ4n) is 3.82. The van der Waals surface area contributed by atoms with Crippen molar-refractivity contribution in [2.24, 2.45) is 0 Å². The van der Waals surface area contributed by atoms with Gasteiger partial charge in [-0.2, -0.15) is 0 Å². The smallest absolute Gasteiger partial charge is 0.242 e. The van der Waals surface area contributed by atoms with Gasteiger partial charge >= 0.3 is 0 Å². The van der Waals surface area contributed by atoms with E-state index >= 15 is 0 Å². The van der Waals surface area contributed by atoms with Crippen molar-refractivity contribution in [1.82, 2.24) is 10.2 Å². The monoisotopic (exact) mass is 320 g/mol. The molecular weight excluding hydrogens is 296 g/mol. The molecule has 1 saturated heterocycles. The molecule has 0 spiro atoms. The van der Waals surface area contributed by atoms with Gasteiger partial charge in [0.15, 0.2) is 0 Å². The standard InChI is InChI=1S/C18H25ClN2O/c19-17(14-8-2-1-3-9-14)18(22)20-15-10-4-5-11-16(15)21-12-6-7-13-21/h1-3,8-9,15-17H,4-7,10-13H2,(H,20,22). The molecule has 1 amide bonds. The Morgan fingerprint density at radius 1 is 1.09 bits per heavy atom. The second kappa shape index (κ2) is 7.47. The van der Waals surface area contributed by atoms with Crippen LogP contribution in [0.4, 0.5) is 0 Å². The zero-order valence-corrected chi connectivity index (χ0v) is 13.8. The number of alkyl halides is 1. The van der Waals surface area contributed by atoms with Crippen LogP contribution in [0, 0.1) is 0 Å². The lowest BCUT2D eigenvalue weighted by molar-refractivity contribution is -0.122. The Morgan fingerprint density at radius 3 is 2.50 bits per heavy atom. The first-order valence-corrected chi connectivity index (χ1v) is 8.93. The van der Waals surface area contributed by atoms with Crippen molar-refractivity contribution >= 4 is 17.5 Å². The van der Waals surface area contributed by atoms with E-state index in [1.807, 2.05) is 30.3 Å². The summed E-state index contributed by atoms with van der Waals surface area (Å²) < 4.78 is 0. The highest BCUT2D eigenvalue weighted by Crippen LogP contribution is 2.27. The molecule has 1 aromatic rings. The lowest BCUT2D eigenvalue weighted by Gasteiger charge is -2.38. The molecule has 3 atom stereocenters. The predicted molar refractivity (Wildman–Crippen MR) is 90.0 cm³/mol. The van der Waals surface area contributed by atoms with Crippen molar-refractivity contribution in [1.29, 1.82) is 0 Å². The van der Waals surface area contributed by atoms with Crippen LogP contribution in [-0.2, 0) is 4.79 Å². The number of likely N-dealkylation sites (tertiary alicyclic amines) is 1. The number of amides is 1. The van der Waals surface area contributed by atoms with E-state index in [9.17, 15) is 4.79 Å². The highest BCUT2D eigenvalue weighted by atomic mass is 35.5. The fourth-order valence-corrected chi connectivity index (χ4v) is 4.03. The first kappa shape index (κ1) is 15.8. The molecule has 1 N–H and O–H groups in total. The molecule has 2 fully saturated rings. The highest BCUT2D eigenvalue weighted by Gasteiger charge is 2.33. The van der Waals surface area contributed by atoms with Crippen LogP contribution in [0.15, 0.2) is 30.3 Å². The average Bonchev–Trinajstić information content (AvgIpc) is 3.10. The second-order valence-electron chi connectivity index (χ2n) is 6.48. The summed E-state index contributed by atoms with van der Waals surface area (Å²) in [5.74, 6) is -0.0519. The van der Waals surface area contributed by atoms with Crippen molar-refractivity contribution in [3.8, 4) is 0 Å². The molecule has 120 valence electrons. The fraction of sp³-hybridized carbons (Fsp3) is 0.611. The van der Waals surface area contributed by atoms with Crippen molar-refractivity contribution in [3.63, 3.8) is 0 Å². The highest BCUT2D eigenvalue weighted by molar-refractivity contribution is 6.30. The van der Waals surface area contributed by atoms with Crippen LogP contribution >= 0.6 is 11.6 Å². The number of halogens is 1. The zero-order valence-electron chi connectivity index (χ0n) is 13.0. The van der Waals surface area contributed by atoms with Crippen LogP contribution in [0.3, 0.4) is 0 Å². The van der Waals surface area contributed by atoms with E-state index in [4.69, 9.17) is 11.6 Å². The zero-order chi connectivity index (χ0) is 15.4. The molecule has 0 bridgehead atoms. The van der Waals surface area contributed by atoms with Crippen LogP contribution in [0.1, 0.15) is 49.5 Å². The minimum atomic E-state index is -0.595. The molecule has 3 unspecified atom stereocenters. The number of benzene rings is 1. The maximum absolute atomic E-state index is 12.5. The van der Waals surface area contributed by atoms with Gasteiger partial charge in [-0.1, -0.05) is 43.2 Å². The number of nitrogens with zero attached hydrogens (tertiary/aromatic N) is 1. The summed E-state index contributed by atoms with van der Waals surface area (Å²) in [4.78, 5) is 15.1. The number of hydrogen-bond acceptors (Lipinski definition) is 2.